The van der Waals surface area contributed by atoms with E-state index in [2.05, 4.69) is 14.4 Å². The number of rotatable bonds is 4. The quantitative estimate of drug-likeness (QED) is 0.816. The summed E-state index contributed by atoms with van der Waals surface area (Å²) < 4.78 is 46.5. The number of anilines is 1. The van der Waals surface area contributed by atoms with Crippen molar-refractivity contribution in [2.24, 2.45) is 11.8 Å². The number of hydrogen-bond donors (Lipinski definition) is 2. The van der Waals surface area contributed by atoms with Crippen LogP contribution in [0.25, 0.3) is 0 Å². The standard InChI is InChI=1S/C10H12FN3O3S/c11-8-2-1-3-12-10(8)14-18(15,16)13-9-6-4-17-5-7(6)9/h1-3,6-7,9,13H,4-5H2,(H,12,14). The third kappa shape index (κ3) is 2.18. The topological polar surface area (TPSA) is 80.3 Å². The van der Waals surface area contributed by atoms with Crippen LogP contribution in [0, 0.1) is 17.7 Å². The minimum absolute atomic E-state index is 0.108. The van der Waals surface area contributed by atoms with Gasteiger partial charge in [0.25, 0.3) is 0 Å². The molecule has 3 rings (SSSR count). The van der Waals surface area contributed by atoms with Crippen LogP contribution in [0.4, 0.5) is 10.2 Å². The lowest BCUT2D eigenvalue weighted by Crippen LogP contribution is -2.35. The van der Waals surface area contributed by atoms with E-state index in [1.165, 1.54) is 12.3 Å². The van der Waals surface area contributed by atoms with Crippen molar-refractivity contribution in [2.45, 2.75) is 6.04 Å². The van der Waals surface area contributed by atoms with Crippen molar-refractivity contribution in [3.8, 4) is 0 Å². The average molecular weight is 273 g/mol. The van der Waals surface area contributed by atoms with Crippen LogP contribution in [0.1, 0.15) is 0 Å². The Morgan fingerprint density at radius 1 is 1.39 bits per heavy atom. The number of pyridine rings is 1. The second-order valence-corrected chi connectivity index (χ2v) is 5.89. The number of halogens is 1. The molecule has 98 valence electrons. The highest BCUT2D eigenvalue weighted by molar-refractivity contribution is 7.90. The number of hydrogen-bond acceptors (Lipinski definition) is 4. The molecule has 0 radical (unpaired) electrons. The van der Waals surface area contributed by atoms with Gasteiger partial charge in [0, 0.05) is 24.1 Å². The number of aromatic nitrogens is 1. The normalized spacial score (nSPS) is 29.9. The summed E-state index contributed by atoms with van der Waals surface area (Å²) in [6.07, 6.45) is 1.32. The zero-order chi connectivity index (χ0) is 12.8. The summed E-state index contributed by atoms with van der Waals surface area (Å²) in [6, 6.07) is 2.43. The molecule has 0 amide bonds. The Morgan fingerprint density at radius 3 is 2.78 bits per heavy atom. The molecule has 0 spiro atoms. The van der Waals surface area contributed by atoms with Crippen LogP contribution in [0.15, 0.2) is 18.3 Å². The summed E-state index contributed by atoms with van der Waals surface area (Å²) >= 11 is 0. The molecule has 1 saturated heterocycles. The highest BCUT2D eigenvalue weighted by Gasteiger charge is 2.55. The minimum Gasteiger partial charge on any atom is -0.381 e. The van der Waals surface area contributed by atoms with Crippen molar-refractivity contribution < 1.29 is 17.5 Å². The summed E-state index contributed by atoms with van der Waals surface area (Å²) in [5.74, 6) is -0.514. The highest BCUT2D eigenvalue weighted by Crippen LogP contribution is 2.44. The zero-order valence-electron chi connectivity index (χ0n) is 9.34. The first-order valence-electron chi connectivity index (χ1n) is 5.55. The fourth-order valence-electron chi connectivity index (χ4n) is 2.21. The number of ether oxygens (including phenoxy) is 1. The molecule has 0 bridgehead atoms. The van der Waals surface area contributed by atoms with Crippen LogP contribution in [0.3, 0.4) is 0 Å². The SMILES string of the molecule is O=S(=O)(Nc1ncccc1F)NC1C2COCC21. The van der Waals surface area contributed by atoms with E-state index in [9.17, 15) is 12.8 Å². The van der Waals surface area contributed by atoms with Crippen LogP contribution in [-0.2, 0) is 14.9 Å². The van der Waals surface area contributed by atoms with Crippen molar-refractivity contribution in [3.63, 3.8) is 0 Å². The predicted molar refractivity (Wildman–Crippen MR) is 61.5 cm³/mol. The van der Waals surface area contributed by atoms with E-state index in [4.69, 9.17) is 4.74 Å². The van der Waals surface area contributed by atoms with Crippen LogP contribution in [0.2, 0.25) is 0 Å². The third-order valence-corrected chi connectivity index (χ3v) is 4.28. The van der Waals surface area contributed by atoms with Gasteiger partial charge in [-0.3, -0.25) is 4.72 Å². The first-order valence-corrected chi connectivity index (χ1v) is 7.03. The van der Waals surface area contributed by atoms with Gasteiger partial charge >= 0.3 is 10.2 Å². The molecule has 2 fully saturated rings. The van der Waals surface area contributed by atoms with Gasteiger partial charge in [-0.25, -0.2) is 9.37 Å². The van der Waals surface area contributed by atoms with Crippen molar-refractivity contribution in [1.29, 1.82) is 0 Å². The van der Waals surface area contributed by atoms with Crippen molar-refractivity contribution in [1.82, 2.24) is 9.71 Å². The van der Waals surface area contributed by atoms with E-state index in [1.807, 2.05) is 0 Å². The molecule has 1 saturated carbocycles. The summed E-state index contributed by atoms with van der Waals surface area (Å²) in [4.78, 5) is 3.63. The smallest absolute Gasteiger partial charge is 0.300 e. The van der Waals surface area contributed by atoms with Gasteiger partial charge in [-0.15, -0.1) is 0 Å². The predicted octanol–water partition coefficient (Wildman–Crippen LogP) is 0.112. The first-order chi connectivity index (χ1) is 8.57. The Bertz CT molecular complexity index is 555. The van der Waals surface area contributed by atoms with Crippen LogP contribution in [0.5, 0.6) is 0 Å². The summed E-state index contributed by atoms with van der Waals surface area (Å²) in [6.45, 7) is 1.16. The molecule has 0 aromatic carbocycles. The van der Waals surface area contributed by atoms with Crippen molar-refractivity contribution >= 4 is 16.0 Å². The molecule has 8 heteroatoms. The van der Waals surface area contributed by atoms with E-state index in [0.717, 1.165) is 6.07 Å². The first kappa shape index (κ1) is 11.8. The van der Waals surface area contributed by atoms with E-state index < -0.39 is 16.0 Å². The Morgan fingerprint density at radius 2 is 2.11 bits per heavy atom. The molecule has 2 N–H and O–H groups in total. The largest absolute Gasteiger partial charge is 0.381 e. The molecule has 18 heavy (non-hydrogen) atoms. The fraction of sp³-hybridized carbons (Fsp3) is 0.500. The van der Waals surface area contributed by atoms with Gasteiger partial charge < -0.3 is 4.74 Å². The molecule has 1 aromatic rings. The lowest BCUT2D eigenvalue weighted by Gasteiger charge is -2.10. The van der Waals surface area contributed by atoms with Crippen molar-refractivity contribution in [3.05, 3.63) is 24.1 Å². The molecule has 1 aromatic heterocycles. The maximum absolute atomic E-state index is 13.3. The van der Waals surface area contributed by atoms with Gasteiger partial charge in [-0.2, -0.15) is 13.1 Å². The zero-order valence-corrected chi connectivity index (χ0v) is 10.2. The Kier molecular flexibility index (Phi) is 2.72. The Labute approximate surface area is 104 Å². The highest BCUT2D eigenvalue weighted by atomic mass is 32.2. The molecule has 2 atom stereocenters. The van der Waals surface area contributed by atoms with Gasteiger partial charge in [0.2, 0.25) is 0 Å². The second-order valence-electron chi connectivity index (χ2n) is 4.45. The summed E-state index contributed by atoms with van der Waals surface area (Å²) in [7, 11) is -3.79. The average Bonchev–Trinajstić information content (AvgIpc) is 2.76. The van der Waals surface area contributed by atoms with E-state index in [0.29, 0.717) is 13.2 Å². The van der Waals surface area contributed by atoms with E-state index >= 15 is 0 Å². The molecular weight excluding hydrogens is 261 g/mol. The molecule has 6 nitrogen and oxygen atoms in total. The molecule has 2 aliphatic rings. The van der Waals surface area contributed by atoms with Gasteiger partial charge in [0.1, 0.15) is 0 Å². The maximum atomic E-state index is 13.3. The maximum Gasteiger partial charge on any atom is 0.300 e. The lowest BCUT2D eigenvalue weighted by molar-refractivity contribution is 0.159. The minimum atomic E-state index is -3.79. The fourth-order valence-corrected chi connectivity index (χ4v) is 3.38. The number of nitrogens with one attached hydrogen (secondary N) is 2. The molecular formula is C10H12FN3O3S. The number of nitrogens with zero attached hydrogens (tertiary/aromatic N) is 1. The van der Waals surface area contributed by atoms with Crippen molar-refractivity contribution in [2.75, 3.05) is 17.9 Å². The molecule has 1 aliphatic heterocycles. The summed E-state index contributed by atoms with van der Waals surface area (Å²) in [5.41, 5.74) is 0. The van der Waals surface area contributed by atoms with Gasteiger partial charge in [-0.1, -0.05) is 0 Å². The van der Waals surface area contributed by atoms with E-state index in [-0.39, 0.29) is 23.7 Å². The Hall–Kier alpha value is -1.25. The van der Waals surface area contributed by atoms with E-state index in [1.54, 1.807) is 0 Å². The van der Waals surface area contributed by atoms with Gasteiger partial charge in [0.05, 0.1) is 13.2 Å². The van der Waals surface area contributed by atoms with Crippen LogP contribution < -0.4 is 9.44 Å². The second kappa shape index (κ2) is 4.15. The Balaban J connectivity index is 1.67. The number of fused-ring (bicyclic) bond motifs is 1. The molecule has 1 aliphatic carbocycles. The van der Waals surface area contributed by atoms with Gasteiger partial charge in [0.15, 0.2) is 11.6 Å². The molecule has 2 unspecified atom stereocenters. The monoisotopic (exact) mass is 273 g/mol. The van der Waals surface area contributed by atoms with Gasteiger partial charge in [-0.05, 0) is 12.1 Å². The van der Waals surface area contributed by atoms with Crippen LogP contribution in [-0.4, -0.2) is 32.7 Å². The van der Waals surface area contributed by atoms with Crippen LogP contribution >= 0.6 is 0 Å². The lowest BCUT2D eigenvalue weighted by atomic mass is 10.4. The molecule has 2 heterocycles. The third-order valence-electron chi connectivity index (χ3n) is 3.23. The summed E-state index contributed by atoms with van der Waals surface area (Å²) in [5, 5.41) is 0.